The first-order valence-corrected chi connectivity index (χ1v) is 10.3. The molecule has 3 rings (SSSR count). The fourth-order valence-corrected chi connectivity index (χ4v) is 3.86. The Bertz CT molecular complexity index is 787. The molecule has 1 aromatic carbocycles. The quantitative estimate of drug-likeness (QED) is 0.508. The minimum absolute atomic E-state index is 0.141. The Labute approximate surface area is 171 Å². The molecule has 3 N–H and O–H groups in total. The summed E-state index contributed by atoms with van der Waals surface area (Å²) in [4.78, 5) is 38.2. The molecule has 29 heavy (non-hydrogen) atoms. The zero-order chi connectivity index (χ0) is 21.2. The number of benzene rings is 1. The molecule has 1 heterocycles. The lowest BCUT2D eigenvalue weighted by molar-refractivity contribution is -0.134. The Morgan fingerprint density at radius 3 is 2.45 bits per heavy atom. The van der Waals surface area contributed by atoms with Crippen LogP contribution in [-0.4, -0.2) is 53.6 Å². The van der Waals surface area contributed by atoms with Crippen LogP contribution in [0.3, 0.4) is 0 Å². The normalized spacial score (nSPS) is 24.1. The molecule has 7 nitrogen and oxygen atoms in total. The highest BCUT2D eigenvalue weighted by molar-refractivity contribution is 5.98. The summed E-state index contributed by atoms with van der Waals surface area (Å²) in [6.45, 7) is 5.65. The molecule has 1 unspecified atom stereocenters. The summed E-state index contributed by atoms with van der Waals surface area (Å²) in [5, 5.41) is 15.0. The Balaban J connectivity index is 1.63. The minimum Gasteiger partial charge on any atom is -0.394 e. The van der Waals surface area contributed by atoms with Crippen LogP contribution in [0.2, 0.25) is 0 Å². The number of hydrogen-bond donors (Lipinski definition) is 3. The number of carbonyl (C=O) groups is 3. The fraction of sp³-hybridized carbons (Fsp3) is 0.591. The maximum atomic E-state index is 12.9. The minimum atomic E-state index is -1.10. The zero-order valence-corrected chi connectivity index (χ0v) is 17.2. The molecular weight excluding hydrogens is 372 g/mol. The van der Waals surface area contributed by atoms with Crippen LogP contribution in [0.15, 0.2) is 24.3 Å². The van der Waals surface area contributed by atoms with E-state index in [4.69, 9.17) is 4.74 Å². The predicted molar refractivity (Wildman–Crippen MR) is 107 cm³/mol. The number of rotatable bonds is 10. The lowest BCUT2D eigenvalue weighted by atomic mass is 9.77. The van der Waals surface area contributed by atoms with Gasteiger partial charge in [0.15, 0.2) is 11.4 Å². The van der Waals surface area contributed by atoms with Crippen LogP contribution in [0.25, 0.3) is 0 Å². The number of hydrogen-bond acceptors (Lipinski definition) is 5. The van der Waals surface area contributed by atoms with E-state index in [1.807, 2.05) is 45.0 Å². The summed E-state index contributed by atoms with van der Waals surface area (Å²) in [5.41, 5.74) is 1.26. The maximum Gasteiger partial charge on any atom is 0.245 e. The standard InChI is InChI=1S/C22H30N2O5/c1-4-22(12-29-22)19(26)17(9-13(2)3)23-21(28)18(11-25)24-20(27)16-10-14-7-5-6-8-15(14)16/h5-8,13,16-18,25H,4,9-12H2,1-3H3,(H,23,28)(H,24,27)/t16?,17-,18-,22+/m0/s1. The van der Waals surface area contributed by atoms with Crippen LogP contribution in [0.5, 0.6) is 0 Å². The van der Waals surface area contributed by atoms with Gasteiger partial charge in [-0.1, -0.05) is 45.0 Å². The number of aliphatic hydroxyl groups excluding tert-OH is 1. The summed E-state index contributed by atoms with van der Waals surface area (Å²) < 4.78 is 5.37. The maximum absolute atomic E-state index is 12.9. The molecule has 4 atom stereocenters. The first-order valence-electron chi connectivity index (χ1n) is 10.3. The van der Waals surface area contributed by atoms with Gasteiger partial charge in [-0.2, -0.15) is 0 Å². The van der Waals surface area contributed by atoms with Gasteiger partial charge in [-0.3, -0.25) is 14.4 Å². The van der Waals surface area contributed by atoms with Gasteiger partial charge in [0, 0.05) is 0 Å². The first-order chi connectivity index (χ1) is 13.8. The van der Waals surface area contributed by atoms with Crippen molar-refractivity contribution in [2.75, 3.05) is 13.2 Å². The molecule has 2 amide bonds. The van der Waals surface area contributed by atoms with E-state index in [0.29, 0.717) is 25.9 Å². The van der Waals surface area contributed by atoms with Gasteiger partial charge in [-0.05, 0) is 36.3 Å². The third kappa shape index (κ3) is 4.51. The topological polar surface area (TPSA) is 108 Å². The van der Waals surface area contributed by atoms with Crippen molar-refractivity contribution >= 4 is 17.6 Å². The molecule has 0 saturated carbocycles. The van der Waals surface area contributed by atoms with Gasteiger partial charge in [0.05, 0.1) is 25.2 Å². The number of amides is 2. The van der Waals surface area contributed by atoms with Crippen LogP contribution in [0, 0.1) is 5.92 Å². The molecule has 1 aliphatic carbocycles. The number of fused-ring (bicyclic) bond motifs is 1. The zero-order valence-electron chi connectivity index (χ0n) is 17.2. The van der Waals surface area contributed by atoms with Crippen molar-refractivity contribution in [1.29, 1.82) is 0 Å². The van der Waals surface area contributed by atoms with Gasteiger partial charge in [-0.25, -0.2) is 0 Å². The molecule has 1 aliphatic heterocycles. The molecule has 158 valence electrons. The molecule has 7 heteroatoms. The Hall–Kier alpha value is -2.25. The third-order valence-electron chi connectivity index (χ3n) is 5.84. The molecule has 1 aromatic rings. The van der Waals surface area contributed by atoms with E-state index in [1.165, 1.54) is 0 Å². The Morgan fingerprint density at radius 2 is 1.90 bits per heavy atom. The van der Waals surface area contributed by atoms with Crippen LogP contribution in [0.4, 0.5) is 0 Å². The lowest BCUT2D eigenvalue weighted by Gasteiger charge is -2.30. The van der Waals surface area contributed by atoms with Crippen molar-refractivity contribution in [3.63, 3.8) is 0 Å². The largest absolute Gasteiger partial charge is 0.394 e. The number of ketones is 1. The second kappa shape index (κ2) is 8.63. The van der Waals surface area contributed by atoms with Crippen molar-refractivity contribution in [1.82, 2.24) is 10.6 Å². The van der Waals surface area contributed by atoms with Crippen LogP contribution >= 0.6 is 0 Å². The van der Waals surface area contributed by atoms with Gasteiger partial charge < -0.3 is 20.5 Å². The third-order valence-corrected chi connectivity index (χ3v) is 5.84. The van der Waals surface area contributed by atoms with Gasteiger partial charge in [0.2, 0.25) is 11.8 Å². The van der Waals surface area contributed by atoms with Crippen LogP contribution in [-0.2, 0) is 25.5 Å². The van der Waals surface area contributed by atoms with Crippen molar-refractivity contribution < 1.29 is 24.2 Å². The van der Waals surface area contributed by atoms with Crippen LogP contribution in [0.1, 0.15) is 50.7 Å². The van der Waals surface area contributed by atoms with E-state index >= 15 is 0 Å². The van der Waals surface area contributed by atoms with Crippen molar-refractivity contribution in [3.8, 4) is 0 Å². The average Bonchev–Trinajstić information content (AvgIpc) is 3.46. The number of epoxide rings is 1. The summed E-state index contributed by atoms with van der Waals surface area (Å²) in [6.07, 6.45) is 1.64. The van der Waals surface area contributed by atoms with Gasteiger partial charge in [-0.15, -0.1) is 0 Å². The second-order valence-corrected chi connectivity index (χ2v) is 8.39. The fourth-order valence-electron chi connectivity index (χ4n) is 3.86. The second-order valence-electron chi connectivity index (χ2n) is 8.39. The van der Waals surface area contributed by atoms with E-state index in [2.05, 4.69) is 10.6 Å². The van der Waals surface area contributed by atoms with Gasteiger partial charge in [0.25, 0.3) is 0 Å². The van der Waals surface area contributed by atoms with Gasteiger partial charge >= 0.3 is 0 Å². The summed E-state index contributed by atoms with van der Waals surface area (Å²) in [5.74, 6) is -1.12. The highest BCUT2D eigenvalue weighted by atomic mass is 16.6. The molecule has 0 radical (unpaired) electrons. The van der Waals surface area contributed by atoms with Crippen LogP contribution < -0.4 is 10.6 Å². The highest BCUT2D eigenvalue weighted by Gasteiger charge is 2.53. The molecule has 0 bridgehead atoms. The smallest absolute Gasteiger partial charge is 0.245 e. The summed E-state index contributed by atoms with van der Waals surface area (Å²) in [7, 11) is 0. The Morgan fingerprint density at radius 1 is 1.21 bits per heavy atom. The molecule has 1 fully saturated rings. The SMILES string of the molecule is CC[C@]1(C(=O)[C@H](CC(C)C)NC(=O)[C@H](CO)NC(=O)C2Cc3ccccc32)CO1. The highest BCUT2D eigenvalue weighted by Crippen LogP contribution is 2.35. The number of nitrogens with one attached hydrogen (secondary N) is 2. The van der Waals surface area contributed by atoms with Crippen molar-refractivity contribution in [3.05, 3.63) is 35.4 Å². The van der Waals surface area contributed by atoms with Gasteiger partial charge in [0.1, 0.15) is 6.04 Å². The summed E-state index contributed by atoms with van der Waals surface area (Å²) in [6, 6.07) is 5.86. The molecule has 0 spiro atoms. The number of Topliss-reactive ketones (excluding diaryl/α,β-unsaturated/α-hetero) is 1. The first kappa shape index (κ1) is 21.5. The van der Waals surface area contributed by atoms with E-state index in [0.717, 1.165) is 11.1 Å². The van der Waals surface area contributed by atoms with Crippen molar-refractivity contribution in [2.45, 2.75) is 63.6 Å². The molecule has 2 aliphatic rings. The Kier molecular flexibility index (Phi) is 6.39. The number of carbonyl (C=O) groups excluding carboxylic acids is 3. The monoisotopic (exact) mass is 402 g/mol. The molecular formula is C22H30N2O5. The van der Waals surface area contributed by atoms with Crippen molar-refractivity contribution in [2.24, 2.45) is 5.92 Å². The molecule has 0 aromatic heterocycles. The summed E-state index contributed by atoms with van der Waals surface area (Å²) >= 11 is 0. The van der Waals surface area contributed by atoms with E-state index in [-0.39, 0.29) is 23.5 Å². The molecule has 1 saturated heterocycles. The number of ether oxygens (including phenoxy) is 1. The van der Waals surface area contributed by atoms with E-state index < -0.39 is 30.2 Å². The average molecular weight is 402 g/mol. The van der Waals surface area contributed by atoms with E-state index in [9.17, 15) is 19.5 Å². The number of aliphatic hydroxyl groups is 1. The predicted octanol–water partition coefficient (Wildman–Crippen LogP) is 1.08. The van der Waals surface area contributed by atoms with E-state index in [1.54, 1.807) is 0 Å². The lowest BCUT2D eigenvalue weighted by Crippen LogP contribution is -2.56.